The zero-order valence-corrected chi connectivity index (χ0v) is 13.0. The van der Waals surface area contributed by atoms with E-state index in [0.29, 0.717) is 24.5 Å². The van der Waals surface area contributed by atoms with Crippen molar-refractivity contribution in [2.75, 3.05) is 18.4 Å². The van der Waals surface area contributed by atoms with Gasteiger partial charge in [-0.1, -0.05) is 30.3 Å². The standard InChI is InChI=1S/C17H20N4O2/c1-12-15(7-8-18-20-12)19-17(23)21-10-14(16(22)11-21)9-13-5-3-2-4-6-13/h2-8,14,16,22H,9-11H2,1H3,(H,18,19,23)/t14-,16-/m1/s1. The second-order valence-electron chi connectivity index (χ2n) is 5.88. The first kappa shape index (κ1) is 15.4. The van der Waals surface area contributed by atoms with E-state index < -0.39 is 6.10 Å². The van der Waals surface area contributed by atoms with Crippen molar-refractivity contribution >= 4 is 11.7 Å². The van der Waals surface area contributed by atoms with Crippen LogP contribution in [-0.4, -0.2) is 45.4 Å². The largest absolute Gasteiger partial charge is 0.391 e. The third-order valence-electron chi connectivity index (χ3n) is 4.18. The van der Waals surface area contributed by atoms with E-state index in [1.165, 1.54) is 5.56 Å². The van der Waals surface area contributed by atoms with Crippen LogP contribution in [0.25, 0.3) is 0 Å². The molecule has 1 aromatic carbocycles. The first-order valence-corrected chi connectivity index (χ1v) is 7.69. The second-order valence-corrected chi connectivity index (χ2v) is 5.88. The number of benzene rings is 1. The van der Waals surface area contributed by atoms with Crippen LogP contribution in [0, 0.1) is 12.8 Å². The molecule has 6 heteroatoms. The highest BCUT2D eigenvalue weighted by Gasteiger charge is 2.34. The van der Waals surface area contributed by atoms with Crippen LogP contribution in [0.15, 0.2) is 42.6 Å². The fourth-order valence-electron chi connectivity index (χ4n) is 2.87. The molecule has 2 aromatic rings. The Morgan fingerprint density at radius 1 is 1.30 bits per heavy atom. The smallest absolute Gasteiger partial charge is 0.321 e. The molecule has 6 nitrogen and oxygen atoms in total. The Kier molecular flexibility index (Phi) is 4.52. The van der Waals surface area contributed by atoms with E-state index in [1.807, 2.05) is 30.3 Å². The van der Waals surface area contributed by atoms with Gasteiger partial charge in [0.05, 0.1) is 23.7 Å². The van der Waals surface area contributed by atoms with Gasteiger partial charge in [-0.3, -0.25) is 0 Å². The maximum Gasteiger partial charge on any atom is 0.321 e. The summed E-state index contributed by atoms with van der Waals surface area (Å²) in [6.45, 7) is 2.68. The van der Waals surface area contributed by atoms with E-state index in [0.717, 1.165) is 6.42 Å². The van der Waals surface area contributed by atoms with Gasteiger partial charge in [0.15, 0.2) is 0 Å². The fraction of sp³-hybridized carbons (Fsp3) is 0.353. The maximum atomic E-state index is 12.4. The Bertz CT molecular complexity index is 677. The number of rotatable bonds is 3. The van der Waals surface area contributed by atoms with Gasteiger partial charge in [0, 0.05) is 19.0 Å². The zero-order chi connectivity index (χ0) is 16.2. The Labute approximate surface area is 135 Å². The molecule has 2 N–H and O–H groups in total. The molecule has 3 rings (SSSR count). The highest BCUT2D eigenvalue weighted by molar-refractivity contribution is 5.90. The van der Waals surface area contributed by atoms with Crippen LogP contribution < -0.4 is 5.32 Å². The van der Waals surface area contributed by atoms with Crippen molar-refractivity contribution in [3.63, 3.8) is 0 Å². The minimum Gasteiger partial charge on any atom is -0.391 e. The van der Waals surface area contributed by atoms with Gasteiger partial charge < -0.3 is 15.3 Å². The van der Waals surface area contributed by atoms with Crippen LogP contribution in [0.3, 0.4) is 0 Å². The molecule has 2 atom stereocenters. The fourth-order valence-corrected chi connectivity index (χ4v) is 2.87. The molecule has 0 unspecified atom stereocenters. The van der Waals surface area contributed by atoms with Crippen molar-refractivity contribution in [1.82, 2.24) is 15.1 Å². The Morgan fingerprint density at radius 3 is 2.83 bits per heavy atom. The van der Waals surface area contributed by atoms with Crippen molar-refractivity contribution in [3.8, 4) is 0 Å². The summed E-state index contributed by atoms with van der Waals surface area (Å²) in [5, 5.41) is 20.8. The lowest BCUT2D eigenvalue weighted by molar-refractivity contribution is 0.143. The summed E-state index contributed by atoms with van der Waals surface area (Å²) in [4.78, 5) is 14.0. The van der Waals surface area contributed by atoms with Crippen LogP contribution in [0.4, 0.5) is 10.5 Å². The predicted molar refractivity (Wildman–Crippen MR) is 87.0 cm³/mol. The normalized spacial score (nSPS) is 20.5. The van der Waals surface area contributed by atoms with Crippen LogP contribution in [0.5, 0.6) is 0 Å². The van der Waals surface area contributed by atoms with Gasteiger partial charge >= 0.3 is 6.03 Å². The second kappa shape index (κ2) is 6.75. The number of nitrogens with one attached hydrogen (secondary N) is 1. The SMILES string of the molecule is Cc1nnccc1NC(=O)N1C[C@@H](Cc2ccccc2)[C@H](O)C1. The van der Waals surface area contributed by atoms with Gasteiger partial charge in [-0.2, -0.15) is 10.2 Å². The third kappa shape index (κ3) is 3.65. The summed E-state index contributed by atoms with van der Waals surface area (Å²) in [5.74, 6) is 0.0554. The lowest BCUT2D eigenvalue weighted by Gasteiger charge is -2.17. The first-order valence-electron chi connectivity index (χ1n) is 7.69. The van der Waals surface area contributed by atoms with Gasteiger partial charge in [0.25, 0.3) is 0 Å². The van der Waals surface area contributed by atoms with Gasteiger partial charge in [-0.25, -0.2) is 4.79 Å². The summed E-state index contributed by atoms with van der Waals surface area (Å²) in [7, 11) is 0. The summed E-state index contributed by atoms with van der Waals surface area (Å²) in [6, 6.07) is 11.5. The quantitative estimate of drug-likeness (QED) is 0.906. The molecular formula is C17H20N4O2. The lowest BCUT2D eigenvalue weighted by Crippen LogP contribution is -2.34. The van der Waals surface area contributed by atoms with Crippen molar-refractivity contribution in [2.24, 2.45) is 5.92 Å². The number of aliphatic hydroxyl groups excluding tert-OH is 1. The topological polar surface area (TPSA) is 78.4 Å². The lowest BCUT2D eigenvalue weighted by atomic mass is 9.97. The number of carbonyl (C=O) groups excluding carboxylic acids is 1. The average molecular weight is 312 g/mol. The van der Waals surface area contributed by atoms with Gasteiger partial charge in [0.1, 0.15) is 0 Å². The third-order valence-corrected chi connectivity index (χ3v) is 4.18. The summed E-state index contributed by atoms with van der Waals surface area (Å²) in [6.07, 6.45) is 1.80. The summed E-state index contributed by atoms with van der Waals surface area (Å²) < 4.78 is 0. The molecule has 23 heavy (non-hydrogen) atoms. The number of hydrogen-bond acceptors (Lipinski definition) is 4. The molecule has 0 saturated carbocycles. The number of aromatic nitrogens is 2. The van der Waals surface area contributed by atoms with Gasteiger partial charge in [-0.05, 0) is 25.0 Å². The molecule has 0 bridgehead atoms. The highest BCUT2D eigenvalue weighted by Crippen LogP contribution is 2.22. The van der Waals surface area contributed by atoms with Crippen LogP contribution in [0.1, 0.15) is 11.3 Å². The van der Waals surface area contributed by atoms with Crippen molar-refractivity contribution in [1.29, 1.82) is 0 Å². The highest BCUT2D eigenvalue weighted by atomic mass is 16.3. The maximum absolute atomic E-state index is 12.4. The first-order chi connectivity index (χ1) is 11.1. The molecule has 0 aliphatic carbocycles. The monoisotopic (exact) mass is 312 g/mol. The van der Waals surface area contributed by atoms with E-state index in [4.69, 9.17) is 0 Å². The molecule has 2 amide bonds. The molecule has 1 aliphatic rings. The number of aliphatic hydroxyl groups is 1. The number of carbonyl (C=O) groups is 1. The van der Waals surface area contributed by atoms with Crippen molar-refractivity contribution in [2.45, 2.75) is 19.4 Å². The van der Waals surface area contributed by atoms with Crippen molar-refractivity contribution in [3.05, 3.63) is 53.9 Å². The molecular weight excluding hydrogens is 292 g/mol. The number of urea groups is 1. The van der Waals surface area contributed by atoms with E-state index in [-0.39, 0.29) is 11.9 Å². The van der Waals surface area contributed by atoms with Crippen LogP contribution in [-0.2, 0) is 6.42 Å². The summed E-state index contributed by atoms with van der Waals surface area (Å²) in [5.41, 5.74) is 2.49. The number of amides is 2. The van der Waals surface area contributed by atoms with E-state index in [2.05, 4.69) is 15.5 Å². The van der Waals surface area contributed by atoms with E-state index in [1.54, 1.807) is 24.1 Å². The summed E-state index contributed by atoms with van der Waals surface area (Å²) >= 11 is 0. The minimum absolute atomic E-state index is 0.0554. The van der Waals surface area contributed by atoms with Crippen LogP contribution in [0.2, 0.25) is 0 Å². The molecule has 0 spiro atoms. The molecule has 120 valence electrons. The number of anilines is 1. The predicted octanol–water partition coefficient (Wildman–Crippen LogP) is 1.85. The number of β-amino-alcohol motifs (C(OH)–C–C–N with tert-alkyl or cyclic N) is 1. The average Bonchev–Trinajstić information content (AvgIpc) is 2.92. The minimum atomic E-state index is -0.502. The zero-order valence-electron chi connectivity index (χ0n) is 13.0. The van der Waals surface area contributed by atoms with Gasteiger partial charge in [0.2, 0.25) is 0 Å². The number of hydrogen-bond donors (Lipinski definition) is 2. The molecule has 1 aromatic heterocycles. The Balaban J connectivity index is 1.62. The molecule has 0 radical (unpaired) electrons. The van der Waals surface area contributed by atoms with Crippen molar-refractivity contribution < 1.29 is 9.90 Å². The van der Waals surface area contributed by atoms with Gasteiger partial charge in [-0.15, -0.1) is 0 Å². The molecule has 1 aliphatic heterocycles. The van der Waals surface area contributed by atoms with Crippen LogP contribution >= 0.6 is 0 Å². The number of aryl methyl sites for hydroxylation is 1. The molecule has 1 fully saturated rings. The molecule has 1 saturated heterocycles. The van der Waals surface area contributed by atoms with E-state index >= 15 is 0 Å². The molecule has 2 heterocycles. The van der Waals surface area contributed by atoms with E-state index in [9.17, 15) is 9.90 Å². The number of likely N-dealkylation sites (tertiary alicyclic amines) is 1. The Hall–Kier alpha value is -2.47. The Morgan fingerprint density at radius 2 is 2.09 bits per heavy atom. The number of nitrogens with zero attached hydrogens (tertiary/aromatic N) is 3.